The predicted molar refractivity (Wildman–Crippen MR) is 92.5 cm³/mol. The Bertz CT molecular complexity index is 861. The lowest BCUT2D eigenvalue weighted by molar-refractivity contribution is -0.140. The number of methoxy groups -OCH3 is 1. The summed E-state index contributed by atoms with van der Waals surface area (Å²) in [5.74, 6) is 0.462. The fraction of sp³-hybridized carbons (Fsp3) is 0.294. The maximum Gasteiger partial charge on any atom is 0.434 e. The van der Waals surface area contributed by atoms with Crippen LogP contribution < -0.4 is 0 Å². The van der Waals surface area contributed by atoms with E-state index in [0.717, 1.165) is 10.1 Å². The average Bonchev–Trinajstić information content (AvgIpc) is 3.09. The number of hydrogen-bond donors (Lipinski definition) is 0. The monoisotopic (exact) mass is 402 g/mol. The van der Waals surface area contributed by atoms with Crippen LogP contribution in [0.5, 0.6) is 0 Å². The molecule has 0 N–H and O–H groups in total. The molecule has 3 rings (SSSR count). The Morgan fingerprint density at radius 2 is 1.93 bits per heavy atom. The van der Waals surface area contributed by atoms with Crippen molar-refractivity contribution in [3.05, 3.63) is 53.7 Å². The Morgan fingerprint density at radius 3 is 2.52 bits per heavy atom. The van der Waals surface area contributed by atoms with Crippen LogP contribution in [0.25, 0.3) is 11.4 Å². The van der Waals surface area contributed by atoms with Gasteiger partial charge in [-0.3, -0.25) is 0 Å². The van der Waals surface area contributed by atoms with Crippen LogP contribution in [0.3, 0.4) is 0 Å². The fourth-order valence-corrected chi connectivity index (χ4v) is 2.73. The summed E-state index contributed by atoms with van der Waals surface area (Å²) in [4.78, 5) is 9.34. The summed E-state index contributed by atoms with van der Waals surface area (Å²) in [6.07, 6.45) is -0.745. The molecule has 0 radical (unpaired) electrons. The molecule has 1 aromatic heterocycles. The molecule has 27 heavy (non-hydrogen) atoms. The van der Waals surface area contributed by atoms with Crippen molar-refractivity contribution in [1.29, 1.82) is 0 Å². The second-order valence-electron chi connectivity index (χ2n) is 5.73. The average molecular weight is 403 g/mol. The van der Waals surface area contributed by atoms with E-state index in [-0.39, 0.29) is 5.82 Å². The molecule has 0 aliphatic carbocycles. The topological polar surface area (TPSA) is 42.6 Å². The molecule has 2 aromatic rings. The molecule has 2 heterocycles. The lowest BCUT2D eigenvalue weighted by Crippen LogP contribution is -2.27. The molecule has 1 unspecified atom stereocenters. The lowest BCUT2D eigenvalue weighted by atomic mass is 10.1. The minimum absolute atomic E-state index is 0.0873. The summed E-state index contributed by atoms with van der Waals surface area (Å²) in [7, 11) is 1.52. The largest absolute Gasteiger partial charge is 0.494 e. The van der Waals surface area contributed by atoms with Crippen LogP contribution >= 0.6 is 11.6 Å². The van der Waals surface area contributed by atoms with Gasteiger partial charge in [-0.15, -0.1) is 0 Å². The number of rotatable bonds is 5. The van der Waals surface area contributed by atoms with Gasteiger partial charge in [-0.25, -0.2) is 14.4 Å². The first kappa shape index (κ1) is 19.2. The number of aromatic nitrogens is 2. The molecule has 10 heteroatoms. The van der Waals surface area contributed by atoms with Crippen LogP contribution in [-0.4, -0.2) is 33.4 Å². The Kier molecular flexibility index (Phi) is 5.41. The smallest absolute Gasteiger partial charge is 0.434 e. The lowest BCUT2D eigenvalue weighted by Gasteiger charge is -2.26. The maximum atomic E-state index is 13.1. The predicted octanol–water partition coefficient (Wildman–Crippen LogP) is 4.39. The minimum atomic E-state index is -4.63. The Balaban J connectivity index is 1.81. The van der Waals surface area contributed by atoms with Crippen molar-refractivity contribution in [3.8, 4) is 11.4 Å². The van der Waals surface area contributed by atoms with E-state index in [1.165, 1.54) is 13.3 Å². The zero-order valence-corrected chi connectivity index (χ0v) is 14.9. The summed E-state index contributed by atoms with van der Waals surface area (Å²) in [5, 5.41) is 0. The highest BCUT2D eigenvalue weighted by atomic mass is 35.5. The van der Waals surface area contributed by atoms with Gasteiger partial charge in [0, 0.05) is 24.5 Å². The van der Waals surface area contributed by atoms with Gasteiger partial charge in [0.15, 0.2) is 23.9 Å². The molecular weight excluding hydrogens is 388 g/mol. The Labute approximate surface area is 157 Å². The first-order valence-electron chi connectivity index (χ1n) is 7.80. The van der Waals surface area contributed by atoms with E-state index in [2.05, 4.69) is 9.98 Å². The van der Waals surface area contributed by atoms with E-state index in [1.807, 2.05) is 0 Å². The second-order valence-corrected chi connectivity index (χ2v) is 6.12. The number of halogens is 5. The standard InChI is InChI=1S/C17H15ClF4N4O/c1-27-13-6-23-16(18)25(8-13)7-11-2-4-12(5-3-11)15-24-14(17(20,21)22)9-26(15)10-19/h2-6,8-9,16H,7,10H2,1H3. The zero-order chi connectivity index (χ0) is 19.6. The number of nitrogens with zero attached hydrogens (tertiary/aromatic N) is 4. The van der Waals surface area contributed by atoms with Crippen molar-refractivity contribution >= 4 is 17.8 Å². The van der Waals surface area contributed by atoms with E-state index in [4.69, 9.17) is 16.3 Å². The van der Waals surface area contributed by atoms with Gasteiger partial charge in [0.05, 0.1) is 13.3 Å². The highest BCUT2D eigenvalue weighted by Gasteiger charge is 2.35. The molecule has 1 aromatic carbocycles. The van der Waals surface area contributed by atoms with Gasteiger partial charge in [-0.1, -0.05) is 35.9 Å². The molecule has 0 saturated carbocycles. The van der Waals surface area contributed by atoms with Gasteiger partial charge in [0.25, 0.3) is 0 Å². The number of alkyl halides is 5. The molecule has 0 spiro atoms. The number of aliphatic imine (C=N–C) groups is 1. The molecule has 1 atom stereocenters. The zero-order valence-electron chi connectivity index (χ0n) is 14.1. The van der Waals surface area contributed by atoms with E-state index in [1.54, 1.807) is 35.4 Å². The SMILES string of the molecule is COC1=CN(Cc2ccc(-c3nc(C(F)(F)F)cn3CF)cc2)C(Cl)N=C1. The molecule has 0 amide bonds. The fourth-order valence-electron chi connectivity index (χ4n) is 2.55. The number of imidazole rings is 1. The number of benzene rings is 1. The minimum Gasteiger partial charge on any atom is -0.494 e. The van der Waals surface area contributed by atoms with Crippen LogP contribution in [0.2, 0.25) is 0 Å². The Morgan fingerprint density at radius 1 is 1.22 bits per heavy atom. The van der Waals surface area contributed by atoms with Crippen molar-refractivity contribution in [2.24, 2.45) is 4.99 Å². The normalized spacial score (nSPS) is 17.2. The molecule has 144 valence electrons. The molecule has 0 fully saturated rings. The first-order valence-corrected chi connectivity index (χ1v) is 8.24. The number of allylic oxidation sites excluding steroid dienone is 1. The molecular formula is C17H15ClF4N4O. The van der Waals surface area contributed by atoms with E-state index in [0.29, 0.717) is 24.1 Å². The third-order valence-corrected chi connectivity index (χ3v) is 4.26. The van der Waals surface area contributed by atoms with Crippen LogP contribution in [0.1, 0.15) is 11.3 Å². The highest BCUT2D eigenvalue weighted by Crippen LogP contribution is 2.31. The van der Waals surface area contributed by atoms with Crippen LogP contribution in [0.15, 0.2) is 47.4 Å². The molecule has 1 aliphatic heterocycles. The van der Waals surface area contributed by atoms with Crippen molar-refractivity contribution < 1.29 is 22.3 Å². The van der Waals surface area contributed by atoms with Gasteiger partial charge < -0.3 is 14.2 Å². The third-order valence-electron chi connectivity index (χ3n) is 3.90. The summed E-state index contributed by atoms with van der Waals surface area (Å²) in [5.41, 5.74) is -0.516. The van der Waals surface area contributed by atoms with Crippen LogP contribution in [-0.2, 0) is 24.3 Å². The van der Waals surface area contributed by atoms with Gasteiger partial charge in [-0.05, 0) is 5.56 Å². The molecule has 0 saturated heterocycles. The summed E-state index contributed by atoms with van der Waals surface area (Å²) < 4.78 is 57.4. The van der Waals surface area contributed by atoms with E-state index in [9.17, 15) is 17.6 Å². The van der Waals surface area contributed by atoms with Crippen molar-refractivity contribution in [2.45, 2.75) is 25.1 Å². The summed E-state index contributed by atoms with van der Waals surface area (Å²) in [6.45, 7) is -0.700. The van der Waals surface area contributed by atoms with Gasteiger partial charge >= 0.3 is 6.18 Å². The number of hydrogen-bond acceptors (Lipinski definition) is 4. The molecule has 0 bridgehead atoms. The van der Waals surface area contributed by atoms with Crippen LogP contribution in [0, 0.1) is 0 Å². The van der Waals surface area contributed by atoms with Gasteiger partial charge in [0.1, 0.15) is 5.82 Å². The third kappa shape index (κ3) is 4.24. The van der Waals surface area contributed by atoms with Crippen molar-refractivity contribution in [2.75, 3.05) is 7.11 Å². The molecule has 5 nitrogen and oxygen atoms in total. The van der Waals surface area contributed by atoms with E-state index >= 15 is 0 Å². The highest BCUT2D eigenvalue weighted by molar-refractivity contribution is 6.20. The molecule has 1 aliphatic rings. The van der Waals surface area contributed by atoms with Crippen molar-refractivity contribution in [1.82, 2.24) is 14.5 Å². The quantitative estimate of drug-likeness (QED) is 0.423. The number of ether oxygens (including phenoxy) is 1. The van der Waals surface area contributed by atoms with Crippen LogP contribution in [0.4, 0.5) is 17.6 Å². The maximum absolute atomic E-state index is 13.1. The van der Waals surface area contributed by atoms with E-state index < -0.39 is 24.3 Å². The second kappa shape index (κ2) is 7.59. The summed E-state index contributed by atoms with van der Waals surface area (Å²) in [6, 6.07) is 6.59. The first-order chi connectivity index (χ1) is 12.8. The van der Waals surface area contributed by atoms with Crippen molar-refractivity contribution in [3.63, 3.8) is 0 Å². The van der Waals surface area contributed by atoms with Gasteiger partial charge in [0.2, 0.25) is 0 Å². The Hall–Kier alpha value is -2.55. The summed E-state index contributed by atoms with van der Waals surface area (Å²) >= 11 is 6.13. The van der Waals surface area contributed by atoms with Gasteiger partial charge in [-0.2, -0.15) is 13.2 Å².